The Balaban J connectivity index is 2.54. The van der Waals surface area contributed by atoms with E-state index in [-0.39, 0.29) is 0 Å². The zero-order chi connectivity index (χ0) is 15.7. The van der Waals surface area contributed by atoms with Crippen molar-refractivity contribution in [2.75, 3.05) is 0 Å². The lowest BCUT2D eigenvalue weighted by Crippen LogP contribution is -2.07. The van der Waals surface area contributed by atoms with Crippen LogP contribution in [0.2, 0.25) is 0 Å². The van der Waals surface area contributed by atoms with Gasteiger partial charge in [0.25, 0.3) is 0 Å². The van der Waals surface area contributed by atoms with Gasteiger partial charge in [-0.05, 0) is 60.1 Å². The highest BCUT2D eigenvalue weighted by Gasteiger charge is 2.18. The maximum Gasteiger partial charge on any atom is 0.0932 e. The van der Waals surface area contributed by atoms with Gasteiger partial charge in [0.1, 0.15) is 0 Å². The maximum atomic E-state index is 4.98. The molecule has 0 radical (unpaired) electrons. The average molecular weight is 292 g/mol. The number of aryl methyl sites for hydroxylation is 2. The minimum absolute atomic E-state index is 0.998. The van der Waals surface area contributed by atoms with Crippen molar-refractivity contribution >= 4 is 22.1 Å². The Morgan fingerprint density at radius 2 is 0.955 bits per heavy atom. The molecule has 3 rings (SSSR count). The Kier molecular flexibility index (Phi) is 4.10. The van der Waals surface area contributed by atoms with Crippen LogP contribution in [0.3, 0.4) is 0 Å². The molecule has 0 N–H and O–H groups in total. The maximum absolute atomic E-state index is 4.98. The molecule has 0 fully saturated rings. The fourth-order valence-corrected chi connectivity index (χ4v) is 3.69. The van der Waals surface area contributed by atoms with Gasteiger partial charge in [0, 0.05) is 0 Å². The van der Waals surface area contributed by atoms with Gasteiger partial charge in [0.05, 0.1) is 22.1 Å². The second-order valence-corrected chi connectivity index (χ2v) is 5.74. The van der Waals surface area contributed by atoms with Crippen LogP contribution in [-0.2, 0) is 25.7 Å². The van der Waals surface area contributed by atoms with Crippen LogP contribution in [0.4, 0.5) is 0 Å². The van der Waals surface area contributed by atoms with Crippen molar-refractivity contribution in [2.24, 2.45) is 0 Å². The Hall–Kier alpha value is -1.96. The Labute approximate surface area is 132 Å². The standard InChI is InChI=1S/C20H24N2/c1-5-13-14(6-2)16(8-4)20-19(15(13)7-3)21-17-11-9-10-12-18(17)22-20/h9-12H,5-8H2,1-4H3. The summed E-state index contributed by atoms with van der Waals surface area (Å²) in [7, 11) is 0. The molecule has 3 aromatic rings. The van der Waals surface area contributed by atoms with Crippen molar-refractivity contribution in [3.63, 3.8) is 0 Å². The highest BCUT2D eigenvalue weighted by Crippen LogP contribution is 2.31. The summed E-state index contributed by atoms with van der Waals surface area (Å²) in [6.45, 7) is 8.98. The number of benzene rings is 2. The van der Waals surface area contributed by atoms with E-state index < -0.39 is 0 Å². The molecule has 0 aliphatic rings. The van der Waals surface area contributed by atoms with E-state index in [1.165, 1.54) is 22.3 Å². The third-order valence-corrected chi connectivity index (χ3v) is 4.65. The van der Waals surface area contributed by atoms with E-state index in [2.05, 4.69) is 39.8 Å². The van der Waals surface area contributed by atoms with E-state index >= 15 is 0 Å². The van der Waals surface area contributed by atoms with Gasteiger partial charge >= 0.3 is 0 Å². The normalized spacial score (nSPS) is 11.5. The summed E-state index contributed by atoms with van der Waals surface area (Å²) in [5, 5.41) is 0. The predicted molar refractivity (Wildman–Crippen MR) is 94.6 cm³/mol. The molecule has 0 bridgehead atoms. The van der Waals surface area contributed by atoms with Crippen molar-refractivity contribution in [1.29, 1.82) is 0 Å². The van der Waals surface area contributed by atoms with Gasteiger partial charge in [-0.2, -0.15) is 0 Å². The molecular formula is C20H24N2. The monoisotopic (exact) mass is 292 g/mol. The third-order valence-electron chi connectivity index (χ3n) is 4.65. The minimum atomic E-state index is 0.998. The van der Waals surface area contributed by atoms with Crippen LogP contribution in [0, 0.1) is 0 Å². The number of fused-ring (bicyclic) bond motifs is 2. The zero-order valence-electron chi connectivity index (χ0n) is 14.0. The molecule has 0 amide bonds. The molecule has 114 valence electrons. The zero-order valence-corrected chi connectivity index (χ0v) is 14.0. The van der Waals surface area contributed by atoms with Crippen LogP contribution in [0.25, 0.3) is 22.1 Å². The first-order chi connectivity index (χ1) is 10.7. The molecule has 0 unspecified atom stereocenters. The predicted octanol–water partition coefficient (Wildman–Crippen LogP) is 5.03. The number of rotatable bonds is 4. The third kappa shape index (κ3) is 2.18. The lowest BCUT2D eigenvalue weighted by atomic mass is 9.88. The van der Waals surface area contributed by atoms with Crippen molar-refractivity contribution in [2.45, 2.75) is 53.4 Å². The summed E-state index contributed by atoms with van der Waals surface area (Å²) in [5.74, 6) is 0. The highest BCUT2D eigenvalue weighted by molar-refractivity contribution is 5.91. The summed E-state index contributed by atoms with van der Waals surface area (Å²) in [4.78, 5) is 9.96. The van der Waals surface area contributed by atoms with Crippen LogP contribution < -0.4 is 0 Å². The van der Waals surface area contributed by atoms with Crippen molar-refractivity contribution in [3.8, 4) is 0 Å². The smallest absolute Gasteiger partial charge is 0.0932 e. The number of para-hydroxylation sites is 2. The van der Waals surface area contributed by atoms with Gasteiger partial charge in [0.15, 0.2) is 0 Å². The van der Waals surface area contributed by atoms with E-state index in [4.69, 9.17) is 9.97 Å². The van der Waals surface area contributed by atoms with Crippen LogP contribution >= 0.6 is 0 Å². The summed E-state index contributed by atoms with van der Waals surface area (Å²) >= 11 is 0. The molecule has 1 heterocycles. The molecule has 2 aromatic carbocycles. The summed E-state index contributed by atoms with van der Waals surface area (Å²) in [5.41, 5.74) is 10.0. The molecule has 0 spiro atoms. The first-order valence-corrected chi connectivity index (χ1v) is 8.46. The topological polar surface area (TPSA) is 25.8 Å². The van der Waals surface area contributed by atoms with E-state index in [0.29, 0.717) is 0 Å². The van der Waals surface area contributed by atoms with Gasteiger partial charge in [-0.25, -0.2) is 9.97 Å². The van der Waals surface area contributed by atoms with E-state index in [1.54, 1.807) is 0 Å². The second kappa shape index (κ2) is 6.04. The molecule has 2 heteroatoms. The average Bonchev–Trinajstić information content (AvgIpc) is 2.57. The highest BCUT2D eigenvalue weighted by atomic mass is 14.8. The molecule has 0 atom stereocenters. The molecule has 22 heavy (non-hydrogen) atoms. The molecule has 0 saturated carbocycles. The summed E-state index contributed by atoms with van der Waals surface area (Å²) in [6.07, 6.45) is 4.18. The van der Waals surface area contributed by atoms with Crippen molar-refractivity contribution in [3.05, 3.63) is 46.5 Å². The van der Waals surface area contributed by atoms with E-state index in [0.717, 1.165) is 47.8 Å². The van der Waals surface area contributed by atoms with E-state index in [1.807, 2.05) is 12.1 Å². The number of hydrogen-bond donors (Lipinski definition) is 0. The molecule has 0 aliphatic carbocycles. The Bertz CT molecular complexity index is 764. The number of nitrogens with zero attached hydrogens (tertiary/aromatic N) is 2. The fraction of sp³-hybridized carbons (Fsp3) is 0.400. The van der Waals surface area contributed by atoms with Gasteiger partial charge in [-0.3, -0.25) is 0 Å². The quantitative estimate of drug-likeness (QED) is 0.630. The van der Waals surface area contributed by atoms with Crippen LogP contribution in [0.5, 0.6) is 0 Å². The minimum Gasteiger partial charge on any atom is -0.244 e. The van der Waals surface area contributed by atoms with Gasteiger partial charge in [0.2, 0.25) is 0 Å². The summed E-state index contributed by atoms with van der Waals surface area (Å²) in [6, 6.07) is 8.20. The fourth-order valence-electron chi connectivity index (χ4n) is 3.69. The lowest BCUT2D eigenvalue weighted by Gasteiger charge is -2.19. The molecular weight excluding hydrogens is 268 g/mol. The lowest BCUT2D eigenvalue weighted by molar-refractivity contribution is 0.953. The second-order valence-electron chi connectivity index (χ2n) is 5.74. The van der Waals surface area contributed by atoms with Crippen LogP contribution in [-0.4, -0.2) is 9.97 Å². The van der Waals surface area contributed by atoms with Crippen molar-refractivity contribution in [1.82, 2.24) is 9.97 Å². The largest absolute Gasteiger partial charge is 0.244 e. The van der Waals surface area contributed by atoms with E-state index in [9.17, 15) is 0 Å². The van der Waals surface area contributed by atoms with Gasteiger partial charge in [-0.1, -0.05) is 39.8 Å². The number of hydrogen-bond acceptors (Lipinski definition) is 2. The van der Waals surface area contributed by atoms with Gasteiger partial charge < -0.3 is 0 Å². The van der Waals surface area contributed by atoms with Crippen LogP contribution in [0.1, 0.15) is 49.9 Å². The Morgan fingerprint density at radius 3 is 1.27 bits per heavy atom. The first kappa shape index (κ1) is 15.0. The molecule has 1 aromatic heterocycles. The number of aromatic nitrogens is 2. The molecule has 0 aliphatic heterocycles. The van der Waals surface area contributed by atoms with Gasteiger partial charge in [-0.15, -0.1) is 0 Å². The Morgan fingerprint density at radius 1 is 0.591 bits per heavy atom. The summed E-state index contributed by atoms with van der Waals surface area (Å²) < 4.78 is 0. The first-order valence-electron chi connectivity index (χ1n) is 8.46. The molecule has 0 saturated heterocycles. The molecule has 2 nitrogen and oxygen atoms in total. The van der Waals surface area contributed by atoms with Crippen molar-refractivity contribution < 1.29 is 0 Å². The van der Waals surface area contributed by atoms with Crippen LogP contribution in [0.15, 0.2) is 24.3 Å². The SMILES string of the molecule is CCc1c(CC)c(CC)c2nc3ccccc3nc2c1CC.